The van der Waals surface area contributed by atoms with Crippen molar-refractivity contribution in [3.63, 3.8) is 0 Å². The van der Waals surface area contributed by atoms with Gasteiger partial charge in [0.2, 0.25) is 5.91 Å². The van der Waals surface area contributed by atoms with Crippen molar-refractivity contribution in [2.24, 2.45) is 5.92 Å². The predicted molar refractivity (Wildman–Crippen MR) is 56.5 cm³/mol. The molecule has 3 nitrogen and oxygen atoms in total. The first-order chi connectivity index (χ1) is 6.65. The van der Waals surface area contributed by atoms with E-state index in [1.807, 2.05) is 4.90 Å². The van der Waals surface area contributed by atoms with Crippen LogP contribution in [0.3, 0.4) is 0 Å². The van der Waals surface area contributed by atoms with Gasteiger partial charge in [-0.3, -0.25) is 4.79 Å². The van der Waals surface area contributed by atoms with E-state index in [1.54, 1.807) is 0 Å². The van der Waals surface area contributed by atoms with Crippen LogP contribution in [0.2, 0.25) is 0 Å². The molecule has 0 N–H and O–H groups in total. The van der Waals surface area contributed by atoms with E-state index in [1.165, 1.54) is 0 Å². The smallest absolute Gasteiger partial charge is 0.237 e. The maximum atomic E-state index is 11.4. The van der Waals surface area contributed by atoms with Gasteiger partial charge in [0, 0.05) is 19.7 Å². The molecular formula is C10H18ClNO2. The van der Waals surface area contributed by atoms with Crippen molar-refractivity contribution in [3.05, 3.63) is 0 Å². The zero-order valence-corrected chi connectivity index (χ0v) is 9.59. The van der Waals surface area contributed by atoms with E-state index >= 15 is 0 Å². The molecule has 1 amide bonds. The summed E-state index contributed by atoms with van der Waals surface area (Å²) in [4.78, 5) is 13.2. The minimum absolute atomic E-state index is 0.0165. The van der Waals surface area contributed by atoms with Crippen molar-refractivity contribution in [1.29, 1.82) is 0 Å². The molecule has 1 unspecified atom stereocenters. The molecule has 0 aromatic rings. The van der Waals surface area contributed by atoms with Gasteiger partial charge in [0.15, 0.2) is 0 Å². The largest absolute Gasteiger partial charge is 0.376 e. The Hall–Kier alpha value is -0.280. The molecule has 0 spiro atoms. The number of ether oxygens (including phenoxy) is 1. The van der Waals surface area contributed by atoms with Gasteiger partial charge in [0.05, 0.1) is 6.10 Å². The third-order valence-corrected chi connectivity index (χ3v) is 2.74. The summed E-state index contributed by atoms with van der Waals surface area (Å²) in [6, 6.07) is 0. The molecule has 1 rings (SSSR count). The first kappa shape index (κ1) is 11.8. The van der Waals surface area contributed by atoms with Crippen molar-refractivity contribution in [2.45, 2.75) is 26.4 Å². The van der Waals surface area contributed by atoms with Crippen LogP contribution in [0.25, 0.3) is 0 Å². The molecule has 0 saturated carbocycles. The Kier molecular flexibility index (Phi) is 4.69. The number of carbonyl (C=O) groups excluding carboxylic acids is 1. The van der Waals surface area contributed by atoms with Crippen LogP contribution in [0.1, 0.15) is 20.3 Å². The first-order valence-electron chi connectivity index (χ1n) is 5.10. The van der Waals surface area contributed by atoms with E-state index in [4.69, 9.17) is 16.3 Å². The van der Waals surface area contributed by atoms with Gasteiger partial charge in [-0.1, -0.05) is 13.8 Å². The summed E-state index contributed by atoms with van der Waals surface area (Å²) in [6.07, 6.45) is 1.07. The molecule has 0 aliphatic carbocycles. The fourth-order valence-electron chi connectivity index (χ4n) is 1.57. The SMILES string of the molecule is CC(C)C1CN(C(=O)CCl)CCCO1. The Balaban J connectivity index is 2.55. The Bertz CT molecular complexity index is 197. The van der Waals surface area contributed by atoms with Gasteiger partial charge >= 0.3 is 0 Å². The topological polar surface area (TPSA) is 29.5 Å². The van der Waals surface area contributed by atoms with E-state index in [9.17, 15) is 4.79 Å². The maximum absolute atomic E-state index is 11.4. The number of hydrogen-bond acceptors (Lipinski definition) is 2. The summed E-state index contributed by atoms with van der Waals surface area (Å²) in [5, 5.41) is 0. The molecule has 0 bridgehead atoms. The lowest BCUT2D eigenvalue weighted by Gasteiger charge is -2.25. The average molecular weight is 220 g/mol. The predicted octanol–water partition coefficient (Wildman–Crippen LogP) is 1.50. The average Bonchev–Trinajstić information content (AvgIpc) is 2.41. The minimum atomic E-state index is 0.0165. The van der Waals surface area contributed by atoms with Crippen molar-refractivity contribution in [1.82, 2.24) is 4.90 Å². The van der Waals surface area contributed by atoms with Crippen molar-refractivity contribution < 1.29 is 9.53 Å². The summed E-state index contributed by atoms with van der Waals surface area (Å²) in [5.41, 5.74) is 0. The van der Waals surface area contributed by atoms with Gasteiger partial charge in [0.1, 0.15) is 5.88 Å². The highest BCUT2D eigenvalue weighted by Crippen LogP contribution is 2.13. The van der Waals surface area contributed by atoms with Crippen LogP contribution in [0, 0.1) is 5.92 Å². The van der Waals surface area contributed by atoms with Gasteiger partial charge < -0.3 is 9.64 Å². The van der Waals surface area contributed by atoms with Crippen molar-refractivity contribution >= 4 is 17.5 Å². The lowest BCUT2D eigenvalue weighted by molar-refractivity contribution is -0.129. The molecule has 1 aliphatic heterocycles. The summed E-state index contributed by atoms with van der Waals surface area (Å²) < 4.78 is 5.65. The van der Waals surface area contributed by atoms with Gasteiger partial charge in [-0.2, -0.15) is 0 Å². The van der Waals surface area contributed by atoms with Gasteiger partial charge in [-0.05, 0) is 12.3 Å². The third kappa shape index (κ3) is 3.14. The second-order valence-electron chi connectivity index (χ2n) is 3.98. The zero-order chi connectivity index (χ0) is 10.6. The Morgan fingerprint density at radius 1 is 1.64 bits per heavy atom. The normalized spacial score (nSPS) is 23.7. The summed E-state index contributed by atoms with van der Waals surface area (Å²) in [6.45, 7) is 6.42. The molecule has 0 aromatic heterocycles. The van der Waals surface area contributed by atoms with E-state index in [0.717, 1.165) is 19.6 Å². The van der Waals surface area contributed by atoms with Crippen molar-refractivity contribution in [2.75, 3.05) is 25.6 Å². The molecule has 1 atom stereocenters. The molecule has 0 radical (unpaired) electrons. The highest BCUT2D eigenvalue weighted by molar-refractivity contribution is 6.27. The highest BCUT2D eigenvalue weighted by atomic mass is 35.5. The Morgan fingerprint density at radius 2 is 2.36 bits per heavy atom. The van der Waals surface area contributed by atoms with Crippen LogP contribution in [-0.2, 0) is 9.53 Å². The Labute approximate surface area is 90.4 Å². The molecule has 1 saturated heterocycles. The number of alkyl halides is 1. The van der Waals surface area contributed by atoms with Crippen LogP contribution < -0.4 is 0 Å². The van der Waals surface area contributed by atoms with E-state index in [0.29, 0.717) is 12.5 Å². The highest BCUT2D eigenvalue weighted by Gasteiger charge is 2.23. The van der Waals surface area contributed by atoms with Crippen LogP contribution >= 0.6 is 11.6 Å². The van der Waals surface area contributed by atoms with Crippen LogP contribution in [0.15, 0.2) is 0 Å². The maximum Gasteiger partial charge on any atom is 0.237 e. The Morgan fingerprint density at radius 3 is 2.93 bits per heavy atom. The minimum Gasteiger partial charge on any atom is -0.376 e. The third-order valence-electron chi connectivity index (χ3n) is 2.52. The fraction of sp³-hybridized carbons (Fsp3) is 0.900. The molecule has 14 heavy (non-hydrogen) atoms. The molecule has 1 fully saturated rings. The standard InChI is InChI=1S/C10H18ClNO2/c1-8(2)9-7-12(10(13)6-11)4-3-5-14-9/h8-9H,3-7H2,1-2H3. The number of carbonyl (C=O) groups is 1. The summed E-state index contributed by atoms with van der Waals surface area (Å²) >= 11 is 5.53. The molecule has 82 valence electrons. The number of hydrogen-bond donors (Lipinski definition) is 0. The quantitative estimate of drug-likeness (QED) is 0.659. The van der Waals surface area contributed by atoms with Crippen LogP contribution in [0.4, 0.5) is 0 Å². The first-order valence-corrected chi connectivity index (χ1v) is 5.64. The fourth-order valence-corrected chi connectivity index (χ4v) is 1.73. The van der Waals surface area contributed by atoms with Gasteiger partial charge in [0.25, 0.3) is 0 Å². The summed E-state index contributed by atoms with van der Waals surface area (Å²) in [5.74, 6) is 0.534. The number of halogens is 1. The van der Waals surface area contributed by atoms with E-state index < -0.39 is 0 Å². The van der Waals surface area contributed by atoms with Gasteiger partial charge in [-0.25, -0.2) is 0 Å². The number of rotatable bonds is 2. The van der Waals surface area contributed by atoms with E-state index in [-0.39, 0.29) is 17.9 Å². The molecule has 1 heterocycles. The number of amides is 1. The second-order valence-corrected chi connectivity index (χ2v) is 4.25. The van der Waals surface area contributed by atoms with Crippen LogP contribution in [-0.4, -0.2) is 42.5 Å². The van der Waals surface area contributed by atoms with Gasteiger partial charge in [-0.15, -0.1) is 11.6 Å². The monoisotopic (exact) mass is 219 g/mol. The zero-order valence-electron chi connectivity index (χ0n) is 8.83. The van der Waals surface area contributed by atoms with Crippen molar-refractivity contribution in [3.8, 4) is 0 Å². The number of nitrogens with zero attached hydrogens (tertiary/aromatic N) is 1. The lowest BCUT2D eigenvalue weighted by atomic mass is 10.1. The molecule has 0 aromatic carbocycles. The molecule has 1 aliphatic rings. The van der Waals surface area contributed by atoms with Crippen LogP contribution in [0.5, 0.6) is 0 Å². The molecule has 4 heteroatoms. The summed E-state index contributed by atoms with van der Waals surface area (Å²) in [7, 11) is 0. The molecular weight excluding hydrogens is 202 g/mol. The second kappa shape index (κ2) is 5.56. The van der Waals surface area contributed by atoms with E-state index in [2.05, 4.69) is 13.8 Å². The lowest BCUT2D eigenvalue weighted by Crippen LogP contribution is -2.39.